The molecule has 11 heteroatoms. The van der Waals surface area contributed by atoms with Crippen molar-refractivity contribution in [1.82, 2.24) is 14.8 Å². The maximum absolute atomic E-state index is 13.7. The Kier molecular flexibility index (Phi) is 10.7. The molecule has 0 radical (unpaired) electrons. The van der Waals surface area contributed by atoms with Gasteiger partial charge in [-0.05, 0) is 44.2 Å². The second-order valence-electron chi connectivity index (χ2n) is 8.11. The second kappa shape index (κ2) is 14.0. The number of ether oxygens (including phenoxy) is 2. The highest BCUT2D eigenvalue weighted by atomic mass is 32.1. The Labute approximate surface area is 207 Å². The van der Waals surface area contributed by atoms with Crippen LogP contribution in [0.3, 0.4) is 0 Å². The number of aromatic nitrogens is 3. The number of thiazole rings is 1. The summed E-state index contributed by atoms with van der Waals surface area (Å²) in [6.07, 6.45) is 8.99. The van der Waals surface area contributed by atoms with Crippen LogP contribution in [0.2, 0.25) is 0 Å². The Balaban J connectivity index is 0.000000214. The van der Waals surface area contributed by atoms with E-state index in [9.17, 15) is 13.6 Å². The highest BCUT2D eigenvalue weighted by Crippen LogP contribution is 2.29. The third kappa shape index (κ3) is 8.77. The van der Waals surface area contributed by atoms with E-state index in [4.69, 9.17) is 15.2 Å². The molecular weight excluding hydrogens is 476 g/mol. The number of hydrogen-bond donors (Lipinski definition) is 2. The summed E-state index contributed by atoms with van der Waals surface area (Å²) in [6, 6.07) is 3.97. The predicted octanol–water partition coefficient (Wildman–Crippen LogP) is 4.39. The maximum Gasteiger partial charge on any atom is 0.275 e. The minimum absolute atomic E-state index is 0.0894. The number of aryl methyl sites for hydroxylation is 1. The van der Waals surface area contributed by atoms with Crippen LogP contribution in [0.4, 0.5) is 14.5 Å². The van der Waals surface area contributed by atoms with Crippen molar-refractivity contribution in [3.63, 3.8) is 0 Å². The molecule has 2 saturated heterocycles. The van der Waals surface area contributed by atoms with E-state index in [1.54, 1.807) is 13.2 Å². The number of hydrogen-bond acceptors (Lipinski definition) is 7. The highest BCUT2D eigenvalue weighted by molar-refractivity contribution is 7.13. The predicted molar refractivity (Wildman–Crippen MR) is 131 cm³/mol. The smallest absolute Gasteiger partial charge is 0.275 e. The van der Waals surface area contributed by atoms with Gasteiger partial charge >= 0.3 is 0 Å². The fourth-order valence-corrected chi connectivity index (χ4v) is 4.16. The lowest BCUT2D eigenvalue weighted by Gasteiger charge is -2.02. The summed E-state index contributed by atoms with van der Waals surface area (Å²) < 4.78 is 39.1. The van der Waals surface area contributed by atoms with E-state index in [1.807, 2.05) is 0 Å². The Morgan fingerprint density at radius 3 is 2.43 bits per heavy atom. The molecule has 1 atom stereocenters. The molecule has 1 amide bonds. The van der Waals surface area contributed by atoms with Crippen LogP contribution in [-0.2, 0) is 16.5 Å². The van der Waals surface area contributed by atoms with Gasteiger partial charge < -0.3 is 20.5 Å². The molecule has 1 aromatic carbocycles. The fraction of sp³-hybridized carbons (Fsp3) is 0.458. The van der Waals surface area contributed by atoms with E-state index < -0.39 is 17.5 Å². The van der Waals surface area contributed by atoms with Gasteiger partial charge in [-0.2, -0.15) is 5.10 Å². The zero-order chi connectivity index (χ0) is 25.0. The van der Waals surface area contributed by atoms with Crippen LogP contribution in [0.15, 0.2) is 36.0 Å². The normalized spacial score (nSPS) is 17.4. The maximum atomic E-state index is 13.7. The number of carbonyl (C=O) groups excluding carboxylic acids is 1. The van der Waals surface area contributed by atoms with Gasteiger partial charge in [0, 0.05) is 51.1 Å². The Morgan fingerprint density at radius 1 is 1.11 bits per heavy atom. The van der Waals surface area contributed by atoms with E-state index >= 15 is 0 Å². The third-order valence-electron chi connectivity index (χ3n) is 5.20. The first-order valence-electron chi connectivity index (χ1n) is 11.5. The van der Waals surface area contributed by atoms with Gasteiger partial charge in [0.2, 0.25) is 0 Å². The van der Waals surface area contributed by atoms with Crippen molar-refractivity contribution in [3.05, 3.63) is 53.3 Å². The minimum Gasteiger partial charge on any atom is -0.381 e. The Hall–Kier alpha value is -2.73. The molecule has 2 aromatic heterocycles. The van der Waals surface area contributed by atoms with Crippen molar-refractivity contribution >= 4 is 22.9 Å². The molecule has 0 spiro atoms. The molecule has 190 valence electrons. The number of rotatable bonds is 3. The number of halogens is 2. The van der Waals surface area contributed by atoms with E-state index in [1.165, 1.54) is 35.2 Å². The lowest BCUT2D eigenvalue weighted by atomic mass is 10.1. The zero-order valence-corrected chi connectivity index (χ0v) is 20.5. The summed E-state index contributed by atoms with van der Waals surface area (Å²) in [5, 5.41) is 8.10. The standard InChI is InChI=1S/C14H10F2N4OS.C6H13NO.C4H8O/c1-20-6-8(5-17-20)18-13(21)11-7-22-14(19-11)12-9(15)3-2-4-10(12)16;7-6-2-1-4-8-5-3-6;1-2-4-5-3-1/h2-7H,1H3,(H,18,21);6H,1-5,7H2;1-4H2/t;6-;/m.1./s1. The molecule has 0 saturated carbocycles. The fourth-order valence-electron chi connectivity index (χ4n) is 3.31. The first-order valence-corrected chi connectivity index (χ1v) is 12.4. The quantitative estimate of drug-likeness (QED) is 0.545. The zero-order valence-electron chi connectivity index (χ0n) is 19.7. The molecule has 0 aliphatic carbocycles. The average Bonchev–Trinajstić information content (AvgIpc) is 3.59. The van der Waals surface area contributed by atoms with Gasteiger partial charge in [0.05, 0.1) is 17.4 Å². The van der Waals surface area contributed by atoms with Crippen LogP contribution in [0.25, 0.3) is 10.6 Å². The number of benzene rings is 1. The van der Waals surface area contributed by atoms with Crippen LogP contribution in [-0.4, -0.2) is 53.1 Å². The van der Waals surface area contributed by atoms with Gasteiger partial charge in [-0.1, -0.05) is 6.07 Å². The number of nitrogens with zero attached hydrogens (tertiary/aromatic N) is 3. The molecule has 4 heterocycles. The van der Waals surface area contributed by atoms with Crippen molar-refractivity contribution in [1.29, 1.82) is 0 Å². The van der Waals surface area contributed by atoms with Crippen LogP contribution < -0.4 is 11.1 Å². The summed E-state index contributed by atoms with van der Waals surface area (Å²) in [4.78, 5) is 16.1. The van der Waals surface area contributed by atoms with Crippen LogP contribution in [0.5, 0.6) is 0 Å². The van der Waals surface area contributed by atoms with Gasteiger partial charge in [-0.15, -0.1) is 11.3 Å². The van der Waals surface area contributed by atoms with Crippen LogP contribution in [0, 0.1) is 11.6 Å². The Bertz CT molecular complexity index is 1040. The topological polar surface area (TPSA) is 104 Å². The molecule has 2 fully saturated rings. The number of nitrogens with one attached hydrogen (secondary N) is 1. The van der Waals surface area contributed by atoms with Crippen molar-refractivity contribution in [3.8, 4) is 10.6 Å². The third-order valence-corrected chi connectivity index (χ3v) is 6.06. The van der Waals surface area contributed by atoms with Crippen LogP contribution in [0.1, 0.15) is 42.6 Å². The Morgan fingerprint density at radius 2 is 1.80 bits per heavy atom. The lowest BCUT2D eigenvalue weighted by molar-refractivity contribution is 0.102. The largest absolute Gasteiger partial charge is 0.381 e. The lowest BCUT2D eigenvalue weighted by Crippen LogP contribution is -2.19. The van der Waals surface area contributed by atoms with Gasteiger partial charge in [0.1, 0.15) is 22.3 Å². The van der Waals surface area contributed by atoms with E-state index in [-0.39, 0.29) is 16.3 Å². The molecule has 2 aliphatic heterocycles. The minimum atomic E-state index is -0.714. The van der Waals surface area contributed by atoms with Gasteiger partial charge in [0.15, 0.2) is 0 Å². The van der Waals surface area contributed by atoms with Crippen molar-refractivity contribution < 1.29 is 23.0 Å². The average molecular weight is 508 g/mol. The van der Waals surface area contributed by atoms with Gasteiger partial charge in [0.25, 0.3) is 5.91 Å². The van der Waals surface area contributed by atoms with Gasteiger partial charge in [-0.3, -0.25) is 9.48 Å². The van der Waals surface area contributed by atoms with E-state index in [0.717, 1.165) is 69.2 Å². The molecular formula is C24H31F2N5O3S. The highest BCUT2D eigenvalue weighted by Gasteiger charge is 2.18. The molecule has 35 heavy (non-hydrogen) atoms. The van der Waals surface area contributed by atoms with Crippen molar-refractivity contribution in [2.75, 3.05) is 31.7 Å². The number of anilines is 1. The number of carbonyl (C=O) groups is 1. The molecule has 8 nitrogen and oxygen atoms in total. The molecule has 3 aromatic rings. The molecule has 0 bridgehead atoms. The number of nitrogens with two attached hydrogens (primary N) is 1. The van der Waals surface area contributed by atoms with E-state index in [2.05, 4.69) is 15.4 Å². The second-order valence-corrected chi connectivity index (χ2v) is 8.97. The molecule has 2 aliphatic rings. The monoisotopic (exact) mass is 507 g/mol. The summed E-state index contributed by atoms with van der Waals surface area (Å²) in [5.41, 5.74) is 6.03. The molecule has 5 rings (SSSR count). The summed E-state index contributed by atoms with van der Waals surface area (Å²) in [6.45, 7) is 3.77. The SMILES string of the molecule is C1CCOC1.Cn1cc(NC(=O)c2csc(-c3c(F)cccc3F)n2)cn1.N[C@@H]1CCCOCC1. The van der Waals surface area contributed by atoms with Crippen molar-refractivity contribution in [2.24, 2.45) is 12.8 Å². The first-order chi connectivity index (χ1) is 16.9. The molecule has 0 unspecified atom stereocenters. The van der Waals surface area contributed by atoms with E-state index in [0.29, 0.717) is 11.7 Å². The summed E-state index contributed by atoms with van der Waals surface area (Å²) >= 11 is 1.00. The summed E-state index contributed by atoms with van der Waals surface area (Å²) in [5.74, 6) is -1.89. The van der Waals surface area contributed by atoms with Gasteiger partial charge in [-0.25, -0.2) is 13.8 Å². The van der Waals surface area contributed by atoms with Crippen LogP contribution >= 0.6 is 11.3 Å². The first kappa shape index (κ1) is 26.9. The molecule has 3 N–H and O–H groups in total. The van der Waals surface area contributed by atoms with Crippen molar-refractivity contribution in [2.45, 2.75) is 38.1 Å². The summed E-state index contributed by atoms with van der Waals surface area (Å²) in [7, 11) is 1.72. The number of amides is 1.